The quantitative estimate of drug-likeness (QED) is 0.752. The number of rotatable bonds is 4. The van der Waals surface area contributed by atoms with Gasteiger partial charge in [0.25, 0.3) is 0 Å². The number of nitrogens with one attached hydrogen (secondary N) is 1. The van der Waals surface area contributed by atoms with Crippen LogP contribution in [-0.2, 0) is 0 Å². The van der Waals surface area contributed by atoms with Gasteiger partial charge in [-0.15, -0.1) is 0 Å². The summed E-state index contributed by atoms with van der Waals surface area (Å²) < 4.78 is 31.9. The summed E-state index contributed by atoms with van der Waals surface area (Å²) in [4.78, 5) is 0. The summed E-state index contributed by atoms with van der Waals surface area (Å²) in [6.45, 7) is 1.84. The molecule has 1 N–H and O–H groups in total. The van der Waals surface area contributed by atoms with Crippen LogP contribution in [0.15, 0.2) is 30.3 Å². The topological polar surface area (TPSA) is 21.3 Å². The molecule has 21 heavy (non-hydrogen) atoms. The van der Waals surface area contributed by atoms with E-state index < -0.39 is 11.6 Å². The molecule has 0 fully saturated rings. The van der Waals surface area contributed by atoms with Gasteiger partial charge in [-0.25, -0.2) is 8.78 Å². The normalized spacial score (nSPS) is 12.1. The maximum absolute atomic E-state index is 13.7. The fourth-order valence-corrected chi connectivity index (χ4v) is 2.41. The average Bonchev–Trinajstić information content (AvgIpc) is 2.44. The first-order chi connectivity index (χ1) is 9.92. The third kappa shape index (κ3) is 3.57. The van der Waals surface area contributed by atoms with Gasteiger partial charge in [0.05, 0.1) is 17.2 Å². The van der Waals surface area contributed by atoms with Gasteiger partial charge in [0.2, 0.25) is 0 Å². The lowest BCUT2D eigenvalue weighted by Gasteiger charge is -2.17. The lowest BCUT2D eigenvalue weighted by molar-refractivity contribution is 0.386. The van der Waals surface area contributed by atoms with E-state index in [2.05, 4.69) is 5.32 Å². The molecule has 2 aromatic carbocycles. The molecule has 0 radical (unpaired) electrons. The van der Waals surface area contributed by atoms with E-state index in [0.717, 1.165) is 0 Å². The van der Waals surface area contributed by atoms with Gasteiger partial charge in [0, 0.05) is 11.7 Å². The second-order valence-electron chi connectivity index (χ2n) is 4.51. The van der Waals surface area contributed by atoms with Crippen molar-refractivity contribution in [2.45, 2.75) is 13.0 Å². The van der Waals surface area contributed by atoms with E-state index in [1.165, 1.54) is 25.3 Å². The maximum atomic E-state index is 13.7. The van der Waals surface area contributed by atoms with Crippen molar-refractivity contribution in [3.8, 4) is 5.75 Å². The van der Waals surface area contributed by atoms with E-state index in [4.69, 9.17) is 27.9 Å². The Morgan fingerprint density at radius 1 is 1.10 bits per heavy atom. The van der Waals surface area contributed by atoms with Crippen LogP contribution in [-0.4, -0.2) is 7.11 Å². The number of benzene rings is 2. The number of anilines is 1. The van der Waals surface area contributed by atoms with Crippen molar-refractivity contribution in [1.29, 1.82) is 0 Å². The van der Waals surface area contributed by atoms with Gasteiger partial charge in [-0.1, -0.05) is 29.3 Å². The molecule has 1 unspecified atom stereocenters. The molecule has 0 aliphatic rings. The third-order valence-corrected chi connectivity index (χ3v) is 3.59. The van der Waals surface area contributed by atoms with E-state index in [9.17, 15) is 8.78 Å². The summed E-state index contributed by atoms with van der Waals surface area (Å²) in [6, 6.07) is 7.31. The van der Waals surface area contributed by atoms with Crippen molar-refractivity contribution < 1.29 is 13.5 Å². The van der Waals surface area contributed by atoms with Crippen LogP contribution < -0.4 is 10.1 Å². The van der Waals surface area contributed by atoms with Gasteiger partial charge in [0.1, 0.15) is 0 Å². The van der Waals surface area contributed by atoms with Gasteiger partial charge in [-0.2, -0.15) is 0 Å². The van der Waals surface area contributed by atoms with Crippen LogP contribution in [0.2, 0.25) is 10.0 Å². The van der Waals surface area contributed by atoms with Crippen LogP contribution in [0.5, 0.6) is 5.75 Å². The minimum atomic E-state index is -0.660. The van der Waals surface area contributed by atoms with Crippen LogP contribution in [0.25, 0.3) is 0 Å². The van der Waals surface area contributed by atoms with E-state index in [1.807, 2.05) is 6.92 Å². The predicted molar refractivity (Wildman–Crippen MR) is 81.4 cm³/mol. The fourth-order valence-electron chi connectivity index (χ4n) is 1.92. The molecular weight excluding hydrogens is 319 g/mol. The summed E-state index contributed by atoms with van der Waals surface area (Å²) in [6.07, 6.45) is 0. The highest BCUT2D eigenvalue weighted by atomic mass is 35.5. The smallest absolute Gasteiger partial charge is 0.165 e. The average molecular weight is 332 g/mol. The molecule has 2 rings (SSSR count). The Morgan fingerprint density at radius 3 is 2.24 bits per heavy atom. The molecule has 6 heteroatoms. The highest BCUT2D eigenvalue weighted by molar-refractivity contribution is 6.35. The molecule has 0 amide bonds. The molecule has 0 saturated carbocycles. The van der Waals surface area contributed by atoms with Crippen molar-refractivity contribution in [2.75, 3.05) is 12.4 Å². The predicted octanol–water partition coefficient (Wildman–Crippen LogP) is 5.45. The second-order valence-corrected chi connectivity index (χ2v) is 5.33. The zero-order chi connectivity index (χ0) is 15.6. The highest BCUT2D eigenvalue weighted by Gasteiger charge is 2.12. The molecule has 2 aromatic rings. The maximum Gasteiger partial charge on any atom is 0.165 e. The largest absolute Gasteiger partial charge is 0.494 e. The number of ether oxygens (including phenoxy) is 1. The molecule has 0 aliphatic carbocycles. The van der Waals surface area contributed by atoms with Crippen molar-refractivity contribution in [3.05, 3.63) is 57.6 Å². The fraction of sp³-hybridized carbons (Fsp3) is 0.200. The van der Waals surface area contributed by atoms with Crippen LogP contribution in [0.3, 0.4) is 0 Å². The standard InChI is InChI=1S/C15H13Cl2F2NO/c1-8(9-3-4-14(21-2)13(18)5-9)20-10-6-11(16)15(19)12(17)7-10/h3-8,20H,1-2H3. The zero-order valence-electron chi connectivity index (χ0n) is 11.4. The van der Waals surface area contributed by atoms with Gasteiger partial charge in [0.15, 0.2) is 17.4 Å². The number of hydrogen-bond acceptors (Lipinski definition) is 2. The Labute approximate surface area is 131 Å². The number of halogens is 4. The van der Waals surface area contributed by atoms with Crippen molar-refractivity contribution in [3.63, 3.8) is 0 Å². The molecule has 0 aromatic heterocycles. The first kappa shape index (κ1) is 15.9. The lowest BCUT2D eigenvalue weighted by atomic mass is 10.1. The van der Waals surface area contributed by atoms with Crippen LogP contribution >= 0.6 is 23.2 Å². The Balaban J connectivity index is 2.21. The molecule has 0 heterocycles. The van der Waals surface area contributed by atoms with Gasteiger partial charge in [-0.3, -0.25) is 0 Å². The summed E-state index contributed by atoms with van der Waals surface area (Å²) in [5.74, 6) is -0.926. The van der Waals surface area contributed by atoms with Crippen LogP contribution in [0.4, 0.5) is 14.5 Å². The highest BCUT2D eigenvalue weighted by Crippen LogP contribution is 2.30. The monoisotopic (exact) mass is 331 g/mol. The number of hydrogen-bond donors (Lipinski definition) is 1. The first-order valence-corrected chi connectivity index (χ1v) is 6.92. The Kier molecular flexibility index (Phi) is 4.91. The SMILES string of the molecule is COc1ccc(C(C)Nc2cc(Cl)c(F)c(Cl)c2)cc1F. The van der Waals surface area contributed by atoms with E-state index in [1.54, 1.807) is 12.1 Å². The van der Waals surface area contributed by atoms with Crippen LogP contribution in [0.1, 0.15) is 18.5 Å². The molecule has 0 saturated heterocycles. The molecule has 2 nitrogen and oxygen atoms in total. The number of methoxy groups -OCH3 is 1. The van der Waals surface area contributed by atoms with E-state index in [0.29, 0.717) is 11.3 Å². The summed E-state index contributed by atoms with van der Waals surface area (Å²) in [5, 5.41) is 2.95. The Hall–Kier alpha value is -1.52. The zero-order valence-corrected chi connectivity index (χ0v) is 12.9. The summed E-state index contributed by atoms with van der Waals surface area (Å²) in [7, 11) is 1.41. The van der Waals surface area contributed by atoms with Crippen LogP contribution in [0, 0.1) is 11.6 Å². The molecule has 0 bridgehead atoms. The van der Waals surface area contributed by atoms with Gasteiger partial charge < -0.3 is 10.1 Å². The van der Waals surface area contributed by atoms with Gasteiger partial charge in [-0.05, 0) is 36.8 Å². The summed E-state index contributed by atoms with van der Waals surface area (Å²) >= 11 is 11.5. The Morgan fingerprint density at radius 2 is 1.71 bits per heavy atom. The molecule has 1 atom stereocenters. The minimum absolute atomic E-state index is 0.0712. The van der Waals surface area contributed by atoms with Crippen molar-refractivity contribution in [2.24, 2.45) is 0 Å². The minimum Gasteiger partial charge on any atom is -0.494 e. The second kappa shape index (κ2) is 6.50. The lowest BCUT2D eigenvalue weighted by Crippen LogP contribution is -2.07. The molecule has 0 aliphatic heterocycles. The Bertz CT molecular complexity index is 641. The molecule has 112 valence electrons. The van der Waals surface area contributed by atoms with Gasteiger partial charge >= 0.3 is 0 Å². The van der Waals surface area contributed by atoms with Crippen molar-refractivity contribution in [1.82, 2.24) is 0 Å². The third-order valence-electron chi connectivity index (χ3n) is 3.04. The molecule has 0 spiro atoms. The van der Waals surface area contributed by atoms with E-state index in [-0.39, 0.29) is 21.8 Å². The van der Waals surface area contributed by atoms with E-state index >= 15 is 0 Å². The first-order valence-electron chi connectivity index (χ1n) is 6.17. The van der Waals surface area contributed by atoms with Crippen molar-refractivity contribution >= 4 is 28.9 Å². The summed E-state index contributed by atoms with van der Waals surface area (Å²) in [5.41, 5.74) is 1.26. The molecular formula is C15H13Cl2F2NO.